The zero-order valence-corrected chi connectivity index (χ0v) is 12.6. The van der Waals surface area contributed by atoms with Crippen LogP contribution in [0.4, 0.5) is 5.82 Å². The van der Waals surface area contributed by atoms with E-state index >= 15 is 0 Å². The molecule has 0 fully saturated rings. The van der Waals surface area contributed by atoms with Crippen molar-refractivity contribution in [1.82, 2.24) is 20.3 Å². The molecular weight excluding hydrogens is 298 g/mol. The highest BCUT2D eigenvalue weighted by molar-refractivity contribution is 7.09. The van der Waals surface area contributed by atoms with Gasteiger partial charge in [0.05, 0.1) is 17.1 Å². The van der Waals surface area contributed by atoms with Crippen LogP contribution in [0, 0.1) is 0 Å². The number of nitrogens with zero attached hydrogens (tertiary/aromatic N) is 3. The van der Waals surface area contributed by atoms with Crippen LogP contribution in [-0.4, -0.2) is 33.9 Å². The van der Waals surface area contributed by atoms with E-state index in [0.717, 1.165) is 22.3 Å². The molecule has 0 aliphatic carbocycles. The summed E-state index contributed by atoms with van der Waals surface area (Å²) < 4.78 is 0. The Kier molecular flexibility index (Phi) is 4.55. The van der Waals surface area contributed by atoms with Crippen molar-refractivity contribution >= 4 is 34.0 Å². The van der Waals surface area contributed by atoms with Gasteiger partial charge in [-0.1, -0.05) is 12.1 Å². The van der Waals surface area contributed by atoms with Gasteiger partial charge in [0.2, 0.25) is 5.91 Å². The average molecular weight is 313 g/mol. The van der Waals surface area contributed by atoms with Crippen molar-refractivity contribution in [3.63, 3.8) is 0 Å². The van der Waals surface area contributed by atoms with Crippen molar-refractivity contribution < 1.29 is 4.79 Å². The van der Waals surface area contributed by atoms with Crippen molar-refractivity contribution in [2.75, 3.05) is 18.4 Å². The molecular formula is C15H15N5OS. The second kappa shape index (κ2) is 6.95. The first kappa shape index (κ1) is 14.4. The quantitative estimate of drug-likeness (QED) is 0.726. The molecule has 22 heavy (non-hydrogen) atoms. The van der Waals surface area contributed by atoms with Gasteiger partial charge in [-0.05, 0) is 12.1 Å². The van der Waals surface area contributed by atoms with Gasteiger partial charge in [0.1, 0.15) is 12.1 Å². The number of carbonyl (C=O) groups is 1. The number of benzene rings is 1. The van der Waals surface area contributed by atoms with Gasteiger partial charge in [-0.2, -0.15) is 0 Å². The summed E-state index contributed by atoms with van der Waals surface area (Å²) in [5.74, 6) is 0.597. The summed E-state index contributed by atoms with van der Waals surface area (Å²) in [6, 6.07) is 7.68. The summed E-state index contributed by atoms with van der Waals surface area (Å²) >= 11 is 1.59. The number of hydrogen-bond donors (Lipinski definition) is 2. The molecule has 3 rings (SSSR count). The first-order valence-corrected chi connectivity index (χ1v) is 7.79. The van der Waals surface area contributed by atoms with Gasteiger partial charge in [-0.15, -0.1) is 11.3 Å². The summed E-state index contributed by atoms with van der Waals surface area (Å²) in [6.45, 7) is 0.761. The van der Waals surface area contributed by atoms with Crippen LogP contribution in [0.5, 0.6) is 0 Å². The molecule has 0 aliphatic heterocycles. The minimum absolute atomic E-state index is 0.0701. The highest BCUT2D eigenvalue weighted by atomic mass is 32.1. The van der Waals surface area contributed by atoms with Crippen molar-refractivity contribution in [2.24, 2.45) is 0 Å². The lowest BCUT2D eigenvalue weighted by Gasteiger charge is -2.08. The number of fused-ring (bicyclic) bond motifs is 1. The number of anilines is 1. The summed E-state index contributed by atoms with van der Waals surface area (Å²) in [7, 11) is 0. The van der Waals surface area contributed by atoms with E-state index in [9.17, 15) is 4.79 Å². The molecule has 2 N–H and O–H groups in total. The van der Waals surface area contributed by atoms with E-state index in [1.54, 1.807) is 17.5 Å². The van der Waals surface area contributed by atoms with Crippen LogP contribution < -0.4 is 10.6 Å². The summed E-state index contributed by atoms with van der Waals surface area (Å²) in [4.78, 5) is 24.4. The van der Waals surface area contributed by atoms with Crippen molar-refractivity contribution in [3.05, 3.63) is 47.2 Å². The van der Waals surface area contributed by atoms with E-state index in [-0.39, 0.29) is 12.5 Å². The normalized spacial score (nSPS) is 10.5. The minimum atomic E-state index is -0.0701. The molecule has 2 aromatic heterocycles. The van der Waals surface area contributed by atoms with Gasteiger partial charge in [0.15, 0.2) is 0 Å². The summed E-state index contributed by atoms with van der Waals surface area (Å²) in [5.41, 5.74) is 0.851. The monoisotopic (exact) mass is 313 g/mol. The molecule has 6 nitrogen and oxygen atoms in total. The second-order valence-corrected chi connectivity index (χ2v) is 5.60. The lowest BCUT2D eigenvalue weighted by Crippen LogP contribution is -2.31. The molecule has 1 aromatic carbocycles. The first-order valence-electron chi connectivity index (χ1n) is 6.91. The Hall–Kier alpha value is -2.54. The largest absolute Gasteiger partial charge is 0.360 e. The van der Waals surface area contributed by atoms with Gasteiger partial charge < -0.3 is 10.6 Å². The van der Waals surface area contributed by atoms with Gasteiger partial charge in [0, 0.05) is 29.9 Å². The smallest absolute Gasteiger partial charge is 0.239 e. The molecule has 0 bridgehead atoms. The Bertz CT molecular complexity index is 754. The van der Waals surface area contributed by atoms with Crippen LogP contribution in [0.2, 0.25) is 0 Å². The molecule has 3 aromatic rings. The molecule has 1 amide bonds. The predicted octanol–water partition coefficient (Wildman–Crippen LogP) is 1.86. The zero-order valence-electron chi connectivity index (χ0n) is 11.8. The van der Waals surface area contributed by atoms with Crippen LogP contribution >= 0.6 is 11.3 Å². The average Bonchev–Trinajstić information content (AvgIpc) is 3.06. The summed E-state index contributed by atoms with van der Waals surface area (Å²) in [5, 5.41) is 9.77. The standard InChI is InChI=1S/C15H15N5OS/c21-13(16-6-5-14-17-7-8-22-14)9-18-15-11-3-1-2-4-12(11)19-10-20-15/h1-4,7-8,10H,5-6,9H2,(H,16,21)(H,18,19,20). The van der Waals surface area contributed by atoms with E-state index in [1.165, 1.54) is 6.33 Å². The number of thiazole rings is 1. The molecule has 0 saturated carbocycles. The zero-order chi connectivity index (χ0) is 15.2. The van der Waals surface area contributed by atoms with Crippen LogP contribution in [0.15, 0.2) is 42.2 Å². The maximum atomic E-state index is 11.8. The molecule has 0 aliphatic rings. The minimum Gasteiger partial charge on any atom is -0.360 e. The molecule has 112 valence electrons. The molecule has 2 heterocycles. The lowest BCUT2D eigenvalue weighted by atomic mass is 10.2. The van der Waals surface area contributed by atoms with Crippen LogP contribution in [0.25, 0.3) is 10.9 Å². The SMILES string of the molecule is O=C(CNc1ncnc2ccccc12)NCCc1nccs1. The predicted molar refractivity (Wildman–Crippen MR) is 86.9 cm³/mol. The third-order valence-electron chi connectivity index (χ3n) is 3.10. The highest BCUT2D eigenvalue weighted by Gasteiger charge is 2.05. The third kappa shape index (κ3) is 3.56. The molecule has 0 unspecified atom stereocenters. The molecule has 7 heteroatoms. The second-order valence-electron chi connectivity index (χ2n) is 4.62. The summed E-state index contributed by atoms with van der Waals surface area (Å²) in [6.07, 6.45) is 4.01. The Morgan fingerprint density at radius 3 is 2.95 bits per heavy atom. The molecule has 0 radical (unpaired) electrons. The molecule has 0 atom stereocenters. The highest BCUT2D eigenvalue weighted by Crippen LogP contribution is 2.17. The number of amides is 1. The maximum absolute atomic E-state index is 11.8. The molecule has 0 spiro atoms. The third-order valence-corrected chi connectivity index (χ3v) is 3.94. The van der Waals surface area contributed by atoms with Gasteiger partial charge in [0.25, 0.3) is 0 Å². The van der Waals surface area contributed by atoms with Crippen molar-refractivity contribution in [3.8, 4) is 0 Å². The van der Waals surface area contributed by atoms with E-state index in [1.807, 2.05) is 29.6 Å². The van der Waals surface area contributed by atoms with Crippen molar-refractivity contribution in [1.29, 1.82) is 0 Å². The Morgan fingerprint density at radius 2 is 2.09 bits per heavy atom. The van der Waals surface area contributed by atoms with Gasteiger partial charge >= 0.3 is 0 Å². The fourth-order valence-electron chi connectivity index (χ4n) is 2.06. The van der Waals surface area contributed by atoms with Crippen LogP contribution in [0.3, 0.4) is 0 Å². The number of hydrogen-bond acceptors (Lipinski definition) is 6. The Balaban J connectivity index is 1.52. The van der Waals surface area contributed by atoms with E-state index < -0.39 is 0 Å². The Labute approximate surface area is 131 Å². The van der Waals surface area contributed by atoms with E-state index in [2.05, 4.69) is 25.6 Å². The maximum Gasteiger partial charge on any atom is 0.239 e. The molecule has 0 saturated heterocycles. The van der Waals surface area contributed by atoms with Crippen molar-refractivity contribution in [2.45, 2.75) is 6.42 Å². The van der Waals surface area contributed by atoms with Gasteiger partial charge in [-0.25, -0.2) is 15.0 Å². The number of nitrogens with one attached hydrogen (secondary N) is 2. The van der Waals surface area contributed by atoms with Crippen LogP contribution in [0.1, 0.15) is 5.01 Å². The topological polar surface area (TPSA) is 79.8 Å². The van der Waals surface area contributed by atoms with E-state index in [0.29, 0.717) is 12.4 Å². The fourth-order valence-corrected chi connectivity index (χ4v) is 2.68. The first-order chi connectivity index (χ1) is 10.8. The van der Waals surface area contributed by atoms with Gasteiger partial charge in [-0.3, -0.25) is 4.79 Å². The fraction of sp³-hybridized carbons (Fsp3) is 0.200. The number of para-hydroxylation sites is 1. The van der Waals surface area contributed by atoms with E-state index in [4.69, 9.17) is 0 Å². The number of aromatic nitrogens is 3. The Morgan fingerprint density at radius 1 is 1.18 bits per heavy atom. The van der Waals surface area contributed by atoms with Crippen LogP contribution in [-0.2, 0) is 11.2 Å². The number of rotatable bonds is 6. The number of carbonyl (C=O) groups excluding carboxylic acids is 1. The lowest BCUT2D eigenvalue weighted by molar-refractivity contribution is -0.119.